The van der Waals surface area contributed by atoms with E-state index in [1.165, 1.54) is 0 Å². The lowest BCUT2D eigenvalue weighted by Gasteiger charge is -2.10. The molecule has 0 aromatic rings. The number of nitrogens with two attached hydrogens (primary N) is 2. The van der Waals surface area contributed by atoms with Crippen LogP contribution < -0.4 is 11.5 Å². The summed E-state index contributed by atoms with van der Waals surface area (Å²) in [5.74, 6) is -1.16. The van der Waals surface area contributed by atoms with E-state index in [0.29, 0.717) is 19.4 Å². The maximum absolute atomic E-state index is 11.1. The summed E-state index contributed by atoms with van der Waals surface area (Å²) < 4.78 is 26.3. The van der Waals surface area contributed by atoms with Crippen LogP contribution >= 0.6 is 12.6 Å². The van der Waals surface area contributed by atoms with Gasteiger partial charge in [-0.1, -0.05) is 0 Å². The Bertz CT molecular complexity index is 291. The molecule has 0 spiro atoms. The Labute approximate surface area is 94.9 Å². The van der Waals surface area contributed by atoms with Crippen molar-refractivity contribution in [2.24, 2.45) is 11.5 Å². The highest BCUT2D eigenvalue weighted by molar-refractivity contribution is 7.88. The van der Waals surface area contributed by atoms with Gasteiger partial charge in [-0.3, -0.25) is 0 Å². The predicted octanol–water partition coefficient (Wildman–Crippen LogP) is -1.14. The van der Waals surface area contributed by atoms with Crippen molar-refractivity contribution in [1.29, 1.82) is 0 Å². The summed E-state index contributed by atoms with van der Waals surface area (Å²) in [5.41, 5.74) is 10.6. The number of hydrogen-bond donors (Lipinski definition) is 3. The van der Waals surface area contributed by atoms with Crippen molar-refractivity contribution in [2.45, 2.75) is 18.9 Å². The highest BCUT2D eigenvalue weighted by Gasteiger charge is 2.21. The van der Waals surface area contributed by atoms with E-state index in [4.69, 9.17) is 11.5 Å². The largest absolute Gasteiger partial charge is 0.344 e. The third kappa shape index (κ3) is 6.72. The highest BCUT2D eigenvalue weighted by atomic mass is 32.2. The van der Waals surface area contributed by atoms with Crippen molar-refractivity contribution >= 4 is 28.7 Å². The number of carbonyl (C=O) groups excluding carboxylic acids is 1. The van der Waals surface area contributed by atoms with Gasteiger partial charge in [0, 0.05) is 5.75 Å². The van der Waals surface area contributed by atoms with Gasteiger partial charge < -0.3 is 15.7 Å². The molecule has 90 valence electrons. The molecule has 0 amide bonds. The van der Waals surface area contributed by atoms with E-state index >= 15 is 0 Å². The minimum atomic E-state index is -3.84. The number of rotatable bonds is 7. The Kier molecular flexibility index (Phi) is 6.90. The van der Waals surface area contributed by atoms with Crippen LogP contribution in [0.15, 0.2) is 0 Å². The molecule has 8 heteroatoms. The van der Waals surface area contributed by atoms with E-state index in [-0.39, 0.29) is 11.5 Å². The van der Waals surface area contributed by atoms with Gasteiger partial charge in [-0.2, -0.15) is 21.0 Å². The lowest BCUT2D eigenvalue weighted by atomic mass is 10.2. The topological polar surface area (TPSA) is 112 Å². The Morgan fingerprint density at radius 1 is 1.47 bits per heavy atom. The van der Waals surface area contributed by atoms with Gasteiger partial charge in [0.1, 0.15) is 6.04 Å². The molecule has 1 atom stereocenters. The molecule has 15 heavy (non-hydrogen) atoms. The monoisotopic (exact) mass is 256 g/mol. The van der Waals surface area contributed by atoms with E-state index < -0.39 is 22.1 Å². The van der Waals surface area contributed by atoms with Crippen LogP contribution in [0.2, 0.25) is 0 Å². The van der Waals surface area contributed by atoms with Gasteiger partial charge in [0.25, 0.3) is 0 Å². The fraction of sp³-hybridized carbons (Fsp3) is 0.857. The van der Waals surface area contributed by atoms with Crippen molar-refractivity contribution in [3.63, 3.8) is 0 Å². The molecule has 0 rings (SSSR count). The Balaban J connectivity index is 4.12. The van der Waals surface area contributed by atoms with Crippen LogP contribution in [0.4, 0.5) is 0 Å². The zero-order valence-electron chi connectivity index (χ0n) is 8.26. The molecule has 0 saturated carbocycles. The summed E-state index contributed by atoms with van der Waals surface area (Å²) in [4.78, 5) is 11.1. The average Bonchev–Trinajstić information content (AvgIpc) is 2.13. The quantitative estimate of drug-likeness (QED) is 0.392. The molecule has 0 aromatic carbocycles. The third-order valence-corrected chi connectivity index (χ3v) is 3.22. The van der Waals surface area contributed by atoms with E-state index in [2.05, 4.69) is 16.8 Å². The van der Waals surface area contributed by atoms with Gasteiger partial charge in [0.05, 0.1) is 5.75 Å². The van der Waals surface area contributed by atoms with Crippen LogP contribution in [0.5, 0.6) is 0 Å². The summed E-state index contributed by atoms with van der Waals surface area (Å²) in [6.45, 7) is 0.393. The van der Waals surface area contributed by atoms with E-state index in [9.17, 15) is 13.2 Å². The van der Waals surface area contributed by atoms with Crippen molar-refractivity contribution in [3.05, 3.63) is 0 Å². The molecule has 0 aromatic heterocycles. The van der Waals surface area contributed by atoms with E-state index in [0.717, 1.165) is 0 Å². The zero-order valence-corrected chi connectivity index (χ0v) is 9.97. The SMILES string of the molecule is NCCC[C@@H](N)C(=O)OS(=O)(=O)CCS. The molecular weight excluding hydrogens is 240 g/mol. The van der Waals surface area contributed by atoms with Gasteiger partial charge in [-0.15, -0.1) is 0 Å². The molecule has 0 aliphatic heterocycles. The smallest absolute Gasteiger partial charge is 0.338 e. The summed E-state index contributed by atoms with van der Waals surface area (Å²) in [7, 11) is -3.84. The summed E-state index contributed by atoms with van der Waals surface area (Å²) in [6.07, 6.45) is 0.856. The second kappa shape index (κ2) is 7.04. The molecule has 0 bridgehead atoms. The fourth-order valence-electron chi connectivity index (χ4n) is 0.796. The minimum Gasteiger partial charge on any atom is -0.344 e. The molecule has 0 unspecified atom stereocenters. The standard InChI is InChI=1S/C7H16N2O4S2/c8-3-1-2-6(9)7(10)13-15(11,12)5-4-14/h6,14H,1-5,8-9H2/t6-/m1/s1. The van der Waals surface area contributed by atoms with Crippen molar-refractivity contribution in [1.82, 2.24) is 0 Å². The molecule has 4 N–H and O–H groups in total. The molecule has 0 fully saturated rings. The van der Waals surface area contributed by atoms with Gasteiger partial charge >= 0.3 is 16.1 Å². The summed E-state index contributed by atoms with van der Waals surface area (Å²) in [6, 6.07) is -0.941. The molecule has 0 radical (unpaired) electrons. The van der Waals surface area contributed by atoms with Crippen molar-refractivity contribution in [2.75, 3.05) is 18.1 Å². The van der Waals surface area contributed by atoms with Crippen LogP contribution in [0.1, 0.15) is 12.8 Å². The lowest BCUT2D eigenvalue weighted by Crippen LogP contribution is -2.34. The van der Waals surface area contributed by atoms with Crippen LogP contribution in [0.25, 0.3) is 0 Å². The van der Waals surface area contributed by atoms with Gasteiger partial charge in [-0.25, -0.2) is 4.79 Å². The minimum absolute atomic E-state index is 0.0909. The van der Waals surface area contributed by atoms with Crippen molar-refractivity contribution in [3.8, 4) is 0 Å². The second-order valence-corrected chi connectivity index (χ2v) is 5.06. The molecule has 0 saturated heterocycles. The predicted molar refractivity (Wildman–Crippen MR) is 60.0 cm³/mol. The third-order valence-electron chi connectivity index (χ3n) is 1.57. The number of carbonyl (C=O) groups is 1. The van der Waals surface area contributed by atoms with E-state index in [1.807, 2.05) is 0 Å². The molecule has 0 aliphatic carbocycles. The number of hydrogen-bond acceptors (Lipinski definition) is 7. The molecular formula is C7H16N2O4S2. The Hall–Kier alpha value is -0.310. The second-order valence-electron chi connectivity index (χ2n) is 2.93. The number of thiol groups is 1. The van der Waals surface area contributed by atoms with Crippen LogP contribution in [-0.4, -0.2) is 38.5 Å². The van der Waals surface area contributed by atoms with E-state index in [1.54, 1.807) is 0 Å². The fourth-order valence-corrected chi connectivity index (χ4v) is 2.15. The Morgan fingerprint density at radius 2 is 2.07 bits per heavy atom. The van der Waals surface area contributed by atoms with Gasteiger partial charge in [0.2, 0.25) is 0 Å². The molecule has 0 heterocycles. The lowest BCUT2D eigenvalue weighted by molar-refractivity contribution is -0.135. The van der Waals surface area contributed by atoms with Crippen molar-refractivity contribution < 1.29 is 17.4 Å². The summed E-state index contributed by atoms with van der Waals surface area (Å²) >= 11 is 3.73. The highest BCUT2D eigenvalue weighted by Crippen LogP contribution is 2.01. The summed E-state index contributed by atoms with van der Waals surface area (Å²) in [5, 5.41) is 0. The van der Waals surface area contributed by atoms with Crippen LogP contribution in [0.3, 0.4) is 0 Å². The molecule has 6 nitrogen and oxygen atoms in total. The first-order valence-corrected chi connectivity index (χ1v) is 6.66. The maximum Gasteiger partial charge on any atom is 0.338 e. The normalized spacial score (nSPS) is 13.5. The zero-order chi connectivity index (χ0) is 11.9. The average molecular weight is 256 g/mol. The first-order valence-electron chi connectivity index (χ1n) is 4.45. The maximum atomic E-state index is 11.1. The first-order chi connectivity index (χ1) is 6.93. The first kappa shape index (κ1) is 14.7. The Morgan fingerprint density at radius 3 is 2.53 bits per heavy atom. The molecule has 0 aliphatic rings. The van der Waals surface area contributed by atoms with Gasteiger partial charge in [0.15, 0.2) is 0 Å². The van der Waals surface area contributed by atoms with Crippen LogP contribution in [0, 0.1) is 0 Å². The van der Waals surface area contributed by atoms with Crippen LogP contribution in [-0.2, 0) is 19.1 Å². The van der Waals surface area contributed by atoms with Gasteiger partial charge in [-0.05, 0) is 19.4 Å².